The minimum Gasteiger partial charge on any atom is -0.287 e. The summed E-state index contributed by atoms with van der Waals surface area (Å²) >= 11 is 2.83. The molecule has 0 saturated heterocycles. The number of hydrogen-bond donors (Lipinski definition) is 2. The van der Waals surface area contributed by atoms with Crippen LogP contribution in [0.2, 0.25) is 0 Å². The number of amides is 2. The predicted molar refractivity (Wildman–Crippen MR) is 113 cm³/mol. The van der Waals surface area contributed by atoms with Crippen molar-refractivity contribution >= 4 is 45.1 Å². The molecule has 0 bridgehead atoms. The molecule has 0 aliphatic heterocycles. The number of hydrazine groups is 1. The van der Waals surface area contributed by atoms with Gasteiger partial charge in [-0.1, -0.05) is 32.5 Å². The Balaban J connectivity index is 1.95. The third-order valence-corrected chi connectivity index (χ3v) is 6.76. The number of carbonyl (C=O) groups excluding carboxylic acids is 2. The quantitative estimate of drug-likeness (QED) is 0.439. The molecule has 0 spiro atoms. The van der Waals surface area contributed by atoms with E-state index < -0.39 is 0 Å². The molecule has 28 heavy (non-hydrogen) atoms. The molecule has 2 N–H and O–H groups in total. The lowest BCUT2D eigenvalue weighted by Crippen LogP contribution is -2.41. The molecular formula is C19H26N4O3S2. The van der Waals surface area contributed by atoms with Gasteiger partial charge < -0.3 is 0 Å². The number of thioether (sulfide) groups is 1. The maximum absolute atomic E-state index is 13.3. The average Bonchev–Trinajstić information content (AvgIpc) is 2.97. The maximum Gasteiger partial charge on any atom is 0.263 e. The summed E-state index contributed by atoms with van der Waals surface area (Å²) in [5.41, 5.74) is 5.77. The van der Waals surface area contributed by atoms with Crippen LogP contribution in [0.4, 0.5) is 0 Å². The largest absolute Gasteiger partial charge is 0.287 e. The Hall–Kier alpha value is -1.87. The van der Waals surface area contributed by atoms with Crippen LogP contribution < -0.4 is 16.4 Å². The highest BCUT2D eigenvalue weighted by molar-refractivity contribution is 7.99. The van der Waals surface area contributed by atoms with Crippen LogP contribution in [0.25, 0.3) is 10.2 Å². The van der Waals surface area contributed by atoms with Gasteiger partial charge >= 0.3 is 0 Å². The second-order valence-electron chi connectivity index (χ2n) is 7.75. The zero-order valence-electron chi connectivity index (χ0n) is 16.6. The molecule has 0 unspecified atom stereocenters. The fourth-order valence-corrected chi connectivity index (χ4v) is 5.60. The van der Waals surface area contributed by atoms with Crippen molar-refractivity contribution in [3.8, 4) is 0 Å². The summed E-state index contributed by atoms with van der Waals surface area (Å²) in [6.07, 6.45) is 3.03. The summed E-state index contributed by atoms with van der Waals surface area (Å²) in [5.74, 6) is 0.292. The fourth-order valence-electron chi connectivity index (χ4n) is 3.36. The second kappa shape index (κ2) is 8.65. The van der Waals surface area contributed by atoms with Crippen LogP contribution in [0.15, 0.2) is 9.95 Å². The van der Waals surface area contributed by atoms with Crippen LogP contribution >= 0.6 is 23.1 Å². The minimum absolute atomic E-state index is 0.00415. The van der Waals surface area contributed by atoms with Crippen molar-refractivity contribution in [1.29, 1.82) is 0 Å². The van der Waals surface area contributed by atoms with Crippen LogP contribution in [0, 0.1) is 11.8 Å². The third-order valence-electron chi connectivity index (χ3n) is 4.64. The Morgan fingerprint density at radius 1 is 1.36 bits per heavy atom. The lowest BCUT2D eigenvalue weighted by Gasteiger charge is -2.18. The van der Waals surface area contributed by atoms with E-state index in [4.69, 9.17) is 4.98 Å². The van der Waals surface area contributed by atoms with Crippen LogP contribution in [0.1, 0.15) is 44.6 Å². The number of nitrogens with one attached hydrogen (secondary N) is 2. The van der Waals surface area contributed by atoms with E-state index in [1.165, 1.54) is 29.1 Å². The van der Waals surface area contributed by atoms with Gasteiger partial charge in [0.15, 0.2) is 5.16 Å². The first kappa shape index (κ1) is 20.9. The van der Waals surface area contributed by atoms with Gasteiger partial charge in [0.1, 0.15) is 4.83 Å². The molecule has 9 heteroatoms. The van der Waals surface area contributed by atoms with Crippen LogP contribution in [-0.2, 0) is 29.0 Å². The van der Waals surface area contributed by atoms with Crippen molar-refractivity contribution < 1.29 is 9.59 Å². The van der Waals surface area contributed by atoms with Crippen molar-refractivity contribution in [1.82, 2.24) is 20.4 Å². The normalized spacial score (nSPS) is 16.2. The third kappa shape index (κ3) is 4.57. The molecule has 7 nitrogen and oxygen atoms in total. The van der Waals surface area contributed by atoms with Gasteiger partial charge in [0.05, 0.1) is 11.1 Å². The molecule has 0 radical (unpaired) electrons. The number of aromatic nitrogens is 2. The smallest absolute Gasteiger partial charge is 0.263 e. The van der Waals surface area contributed by atoms with E-state index in [1.54, 1.807) is 15.9 Å². The minimum atomic E-state index is -0.343. The van der Waals surface area contributed by atoms with Crippen molar-refractivity contribution in [3.05, 3.63) is 20.8 Å². The Bertz CT molecular complexity index is 964. The lowest BCUT2D eigenvalue weighted by molar-refractivity contribution is -0.126. The van der Waals surface area contributed by atoms with Crippen molar-refractivity contribution in [2.45, 2.75) is 58.7 Å². The zero-order valence-corrected chi connectivity index (χ0v) is 18.3. The van der Waals surface area contributed by atoms with Crippen LogP contribution in [-0.4, -0.2) is 27.1 Å². The summed E-state index contributed by atoms with van der Waals surface area (Å²) in [4.78, 5) is 43.0. The van der Waals surface area contributed by atoms with E-state index in [2.05, 4.69) is 31.6 Å². The number of hydrogen-bond acceptors (Lipinski definition) is 6. The van der Waals surface area contributed by atoms with Gasteiger partial charge in [0.25, 0.3) is 5.56 Å². The molecule has 1 atom stereocenters. The highest BCUT2D eigenvalue weighted by atomic mass is 32.2. The number of fused-ring (bicyclic) bond motifs is 3. The Kier molecular flexibility index (Phi) is 6.44. The standard InChI is InChI=1S/C19H26N4O3S2/c1-10(2)8-23-18(26)16-13-6-5-11(3)7-14(13)28-17(16)20-19(23)27-9-15(25)22-21-12(4)24/h10-11H,5-9H2,1-4H3,(H,21,24)(H,22,25)/t11-/m0/s1. The molecule has 2 aromatic rings. The molecular weight excluding hydrogens is 396 g/mol. The first-order valence-electron chi connectivity index (χ1n) is 9.49. The molecule has 1 aliphatic carbocycles. The van der Waals surface area contributed by atoms with E-state index >= 15 is 0 Å². The Morgan fingerprint density at radius 3 is 2.79 bits per heavy atom. The summed E-state index contributed by atoms with van der Waals surface area (Å²) in [5, 5.41) is 1.32. The highest BCUT2D eigenvalue weighted by Crippen LogP contribution is 2.36. The van der Waals surface area contributed by atoms with E-state index in [0.29, 0.717) is 17.6 Å². The van der Waals surface area contributed by atoms with Crippen molar-refractivity contribution in [2.24, 2.45) is 11.8 Å². The fraction of sp³-hybridized carbons (Fsp3) is 0.579. The molecule has 3 rings (SSSR count). The summed E-state index contributed by atoms with van der Waals surface area (Å²) < 4.78 is 1.70. The summed E-state index contributed by atoms with van der Waals surface area (Å²) in [6, 6.07) is 0. The predicted octanol–water partition coefficient (Wildman–Crippen LogP) is 2.50. The monoisotopic (exact) mass is 422 g/mol. The SMILES string of the molecule is CC(=O)NNC(=O)CSc1nc2sc3c(c2c(=O)n1CC(C)C)CC[C@H](C)C3. The maximum atomic E-state index is 13.3. The van der Waals surface area contributed by atoms with E-state index in [0.717, 1.165) is 29.5 Å². The highest BCUT2D eigenvalue weighted by Gasteiger charge is 2.25. The molecule has 1 aliphatic rings. The van der Waals surface area contributed by atoms with Gasteiger partial charge in [-0.05, 0) is 36.7 Å². The van der Waals surface area contributed by atoms with Gasteiger partial charge in [-0.15, -0.1) is 11.3 Å². The molecule has 152 valence electrons. The second-order valence-corrected chi connectivity index (χ2v) is 9.78. The van der Waals surface area contributed by atoms with Gasteiger partial charge in [0.2, 0.25) is 11.8 Å². The number of thiophene rings is 1. The zero-order chi connectivity index (χ0) is 20.4. The molecule has 0 aromatic carbocycles. The molecule has 0 fully saturated rings. The number of aryl methyl sites for hydroxylation is 1. The van der Waals surface area contributed by atoms with Gasteiger partial charge in [-0.3, -0.25) is 29.8 Å². The lowest BCUT2D eigenvalue weighted by atomic mass is 9.89. The average molecular weight is 423 g/mol. The van der Waals surface area contributed by atoms with E-state index in [-0.39, 0.29) is 29.0 Å². The molecule has 2 aromatic heterocycles. The van der Waals surface area contributed by atoms with E-state index in [9.17, 15) is 14.4 Å². The van der Waals surface area contributed by atoms with E-state index in [1.807, 2.05) is 0 Å². The molecule has 2 heterocycles. The Labute approximate surface area is 172 Å². The van der Waals surface area contributed by atoms with Crippen LogP contribution in [0.3, 0.4) is 0 Å². The number of nitrogens with zero attached hydrogens (tertiary/aromatic N) is 2. The number of rotatable bonds is 5. The summed E-state index contributed by atoms with van der Waals surface area (Å²) in [6.45, 7) is 8.23. The van der Waals surface area contributed by atoms with Crippen molar-refractivity contribution in [3.63, 3.8) is 0 Å². The number of carbonyl (C=O) groups is 2. The first-order valence-corrected chi connectivity index (χ1v) is 11.3. The topological polar surface area (TPSA) is 93.1 Å². The summed E-state index contributed by atoms with van der Waals surface area (Å²) in [7, 11) is 0. The molecule has 2 amide bonds. The van der Waals surface area contributed by atoms with Gasteiger partial charge in [-0.25, -0.2) is 4.98 Å². The van der Waals surface area contributed by atoms with Crippen LogP contribution in [0.5, 0.6) is 0 Å². The van der Waals surface area contributed by atoms with Gasteiger partial charge in [-0.2, -0.15) is 0 Å². The molecule has 0 saturated carbocycles. The Morgan fingerprint density at radius 2 is 2.11 bits per heavy atom. The van der Waals surface area contributed by atoms with Crippen molar-refractivity contribution in [2.75, 3.05) is 5.75 Å². The van der Waals surface area contributed by atoms with Gasteiger partial charge in [0, 0.05) is 18.3 Å². The first-order chi connectivity index (χ1) is 13.3.